The summed E-state index contributed by atoms with van der Waals surface area (Å²) in [7, 11) is -3.75. The molecule has 2 amide bonds. The molecule has 0 unspecified atom stereocenters. The first-order chi connectivity index (χ1) is 15.0. The van der Waals surface area contributed by atoms with Crippen LogP contribution in [0.15, 0.2) is 29.2 Å². The number of carbonyl (C=O) groups is 2. The second-order valence-corrected chi connectivity index (χ2v) is 10.7. The Kier molecular flexibility index (Phi) is 9.75. The number of halogens is 1. The molecule has 0 radical (unpaired) electrons. The molecule has 9 nitrogen and oxygen atoms in total. The van der Waals surface area contributed by atoms with Crippen LogP contribution in [0.25, 0.3) is 0 Å². The van der Waals surface area contributed by atoms with Gasteiger partial charge in [0, 0.05) is 45.7 Å². The van der Waals surface area contributed by atoms with Gasteiger partial charge in [-0.15, -0.1) is 0 Å². The van der Waals surface area contributed by atoms with Crippen LogP contribution in [-0.2, 0) is 19.6 Å². The summed E-state index contributed by atoms with van der Waals surface area (Å²) in [6.45, 7) is 9.61. The number of benzene rings is 1. The lowest BCUT2D eigenvalue weighted by Crippen LogP contribution is -2.50. The molecule has 2 rings (SSSR count). The molecule has 1 aromatic carbocycles. The second kappa shape index (κ2) is 11.8. The number of amides is 2. The maximum atomic E-state index is 12.2. The van der Waals surface area contributed by atoms with E-state index in [-0.39, 0.29) is 34.9 Å². The fourth-order valence-electron chi connectivity index (χ4n) is 3.14. The van der Waals surface area contributed by atoms with E-state index in [1.807, 2.05) is 20.8 Å². The first kappa shape index (κ1) is 26.4. The van der Waals surface area contributed by atoms with Gasteiger partial charge in [-0.1, -0.05) is 23.7 Å². The molecule has 0 saturated carbocycles. The van der Waals surface area contributed by atoms with Crippen molar-refractivity contribution in [3.63, 3.8) is 0 Å². The van der Waals surface area contributed by atoms with Crippen LogP contribution in [0.2, 0.25) is 5.02 Å². The average Bonchev–Trinajstić information content (AvgIpc) is 2.70. The molecule has 1 aromatic rings. The molecule has 0 bridgehead atoms. The lowest BCUT2D eigenvalue weighted by atomic mass is 10.2. The summed E-state index contributed by atoms with van der Waals surface area (Å²) in [5.41, 5.74) is -0.499. The van der Waals surface area contributed by atoms with E-state index in [1.54, 1.807) is 17.0 Å². The maximum Gasteiger partial charge on any atom is 0.410 e. The van der Waals surface area contributed by atoms with Gasteiger partial charge in [-0.2, -0.15) is 0 Å². The van der Waals surface area contributed by atoms with Gasteiger partial charge in [-0.3, -0.25) is 9.69 Å². The number of hydrogen-bond donors (Lipinski definition) is 2. The van der Waals surface area contributed by atoms with E-state index in [0.29, 0.717) is 19.6 Å². The third kappa shape index (κ3) is 8.93. The van der Waals surface area contributed by atoms with E-state index in [4.69, 9.17) is 16.3 Å². The highest BCUT2D eigenvalue weighted by atomic mass is 35.5. The normalized spacial score (nSPS) is 15.4. The van der Waals surface area contributed by atoms with Gasteiger partial charge in [-0.25, -0.2) is 17.9 Å². The quantitative estimate of drug-likeness (QED) is 0.515. The van der Waals surface area contributed by atoms with Crippen molar-refractivity contribution < 1.29 is 22.7 Å². The Labute approximate surface area is 195 Å². The number of rotatable bonds is 9. The van der Waals surface area contributed by atoms with Crippen molar-refractivity contribution in [1.29, 1.82) is 0 Å². The Hall–Kier alpha value is -1.88. The standard InChI is InChI=1S/C21H33ClN4O5S/c1-21(2,3)31-20(28)26-15-13-25(14-16-26)12-6-10-23-19(27)9-11-24-32(29,30)18-8-5-4-7-17(18)22/h4-5,7-8,24H,6,9-16H2,1-3H3,(H,23,27). The van der Waals surface area contributed by atoms with Crippen molar-refractivity contribution in [1.82, 2.24) is 19.8 Å². The first-order valence-corrected chi connectivity index (χ1v) is 12.6. The number of piperazine rings is 1. The van der Waals surface area contributed by atoms with Crippen LogP contribution in [-0.4, -0.2) is 81.6 Å². The lowest BCUT2D eigenvalue weighted by Gasteiger charge is -2.35. The van der Waals surface area contributed by atoms with E-state index in [9.17, 15) is 18.0 Å². The molecule has 0 aliphatic carbocycles. The molecule has 32 heavy (non-hydrogen) atoms. The lowest BCUT2D eigenvalue weighted by molar-refractivity contribution is -0.120. The molecule has 1 saturated heterocycles. The predicted octanol–water partition coefficient (Wildman–Crippen LogP) is 2.07. The smallest absolute Gasteiger partial charge is 0.410 e. The molecule has 0 aromatic heterocycles. The number of sulfonamides is 1. The zero-order chi connectivity index (χ0) is 23.8. The van der Waals surface area contributed by atoms with Crippen LogP contribution < -0.4 is 10.0 Å². The number of hydrogen-bond acceptors (Lipinski definition) is 6. The molecule has 11 heteroatoms. The summed E-state index contributed by atoms with van der Waals surface area (Å²) < 4.78 is 32.3. The number of carbonyl (C=O) groups excluding carboxylic acids is 2. The molecule has 2 N–H and O–H groups in total. The molecule has 0 spiro atoms. The minimum atomic E-state index is -3.75. The minimum absolute atomic E-state index is 0.00570. The molecule has 180 valence electrons. The molecule has 1 fully saturated rings. The average molecular weight is 489 g/mol. The van der Waals surface area contributed by atoms with Gasteiger partial charge in [0.1, 0.15) is 10.5 Å². The van der Waals surface area contributed by atoms with Gasteiger partial charge < -0.3 is 15.0 Å². The molecule has 1 aliphatic heterocycles. The number of nitrogens with zero attached hydrogens (tertiary/aromatic N) is 2. The summed E-state index contributed by atoms with van der Waals surface area (Å²) >= 11 is 5.92. The minimum Gasteiger partial charge on any atom is -0.444 e. The highest BCUT2D eigenvalue weighted by Crippen LogP contribution is 2.20. The van der Waals surface area contributed by atoms with Crippen LogP contribution in [0, 0.1) is 0 Å². The van der Waals surface area contributed by atoms with E-state index in [1.165, 1.54) is 12.1 Å². The molecule has 0 atom stereocenters. The van der Waals surface area contributed by atoms with Gasteiger partial charge in [0.2, 0.25) is 15.9 Å². The molecule has 1 aliphatic rings. The Morgan fingerprint density at radius 3 is 2.38 bits per heavy atom. The maximum absolute atomic E-state index is 12.2. The Bertz CT molecular complexity index is 880. The van der Waals surface area contributed by atoms with Crippen LogP contribution in [0.3, 0.4) is 0 Å². The van der Waals surface area contributed by atoms with Crippen molar-refractivity contribution in [2.45, 2.75) is 44.1 Å². The van der Waals surface area contributed by atoms with E-state index in [0.717, 1.165) is 26.1 Å². The van der Waals surface area contributed by atoms with Crippen LogP contribution in [0.1, 0.15) is 33.6 Å². The van der Waals surface area contributed by atoms with Gasteiger partial charge in [0.15, 0.2) is 0 Å². The van der Waals surface area contributed by atoms with Gasteiger partial charge in [0.25, 0.3) is 0 Å². The second-order valence-electron chi connectivity index (χ2n) is 8.59. The Morgan fingerprint density at radius 1 is 1.09 bits per heavy atom. The summed E-state index contributed by atoms with van der Waals surface area (Å²) in [6.07, 6.45) is 0.525. The third-order valence-electron chi connectivity index (χ3n) is 4.77. The molecular weight excluding hydrogens is 456 g/mol. The van der Waals surface area contributed by atoms with Crippen LogP contribution in [0.4, 0.5) is 4.79 Å². The Morgan fingerprint density at radius 2 is 1.75 bits per heavy atom. The number of ether oxygens (including phenoxy) is 1. The Balaban J connectivity index is 1.58. The van der Waals surface area contributed by atoms with E-state index < -0.39 is 15.6 Å². The predicted molar refractivity (Wildman–Crippen MR) is 123 cm³/mol. The molecule has 1 heterocycles. The monoisotopic (exact) mass is 488 g/mol. The zero-order valence-electron chi connectivity index (χ0n) is 18.9. The zero-order valence-corrected chi connectivity index (χ0v) is 20.5. The highest BCUT2D eigenvalue weighted by Gasteiger charge is 2.25. The van der Waals surface area contributed by atoms with Crippen molar-refractivity contribution >= 4 is 33.6 Å². The summed E-state index contributed by atoms with van der Waals surface area (Å²) in [6, 6.07) is 6.15. The summed E-state index contributed by atoms with van der Waals surface area (Å²) in [4.78, 5) is 28.0. The summed E-state index contributed by atoms with van der Waals surface area (Å²) in [5.74, 6) is -0.221. The van der Waals surface area contributed by atoms with Crippen molar-refractivity contribution in [2.75, 3.05) is 45.8 Å². The highest BCUT2D eigenvalue weighted by molar-refractivity contribution is 7.89. The van der Waals surface area contributed by atoms with E-state index in [2.05, 4.69) is 14.9 Å². The van der Waals surface area contributed by atoms with Gasteiger partial charge in [-0.05, 0) is 45.9 Å². The van der Waals surface area contributed by atoms with Crippen LogP contribution in [0.5, 0.6) is 0 Å². The van der Waals surface area contributed by atoms with Crippen molar-refractivity contribution in [3.05, 3.63) is 29.3 Å². The van der Waals surface area contributed by atoms with Crippen molar-refractivity contribution in [3.8, 4) is 0 Å². The third-order valence-corrected chi connectivity index (χ3v) is 6.73. The molecular formula is C21H33ClN4O5S. The van der Waals surface area contributed by atoms with E-state index >= 15 is 0 Å². The summed E-state index contributed by atoms with van der Waals surface area (Å²) in [5, 5.41) is 2.94. The van der Waals surface area contributed by atoms with Gasteiger partial charge >= 0.3 is 6.09 Å². The van der Waals surface area contributed by atoms with Crippen LogP contribution >= 0.6 is 11.6 Å². The number of nitrogens with one attached hydrogen (secondary N) is 2. The first-order valence-electron chi connectivity index (χ1n) is 10.7. The van der Waals surface area contributed by atoms with Gasteiger partial charge in [0.05, 0.1) is 5.02 Å². The largest absolute Gasteiger partial charge is 0.444 e. The SMILES string of the molecule is CC(C)(C)OC(=O)N1CCN(CCCNC(=O)CCNS(=O)(=O)c2ccccc2Cl)CC1. The van der Waals surface area contributed by atoms with Crippen molar-refractivity contribution in [2.24, 2.45) is 0 Å². The topological polar surface area (TPSA) is 108 Å². The fourth-order valence-corrected chi connectivity index (χ4v) is 4.69. The fraction of sp³-hybridized carbons (Fsp3) is 0.619.